The van der Waals surface area contributed by atoms with Crippen LogP contribution in [0.2, 0.25) is 0 Å². The minimum absolute atomic E-state index is 0. The van der Waals surface area contributed by atoms with Gasteiger partial charge in [-0.1, -0.05) is 12.2 Å². The molecule has 0 aromatic carbocycles. The van der Waals surface area contributed by atoms with Crippen molar-refractivity contribution in [3.05, 3.63) is 36.3 Å². The van der Waals surface area contributed by atoms with E-state index in [1.165, 1.54) is 32.4 Å². The molecular formula is C19H31IN4O. The Balaban J connectivity index is 0.00000225. The first-order chi connectivity index (χ1) is 11.7. The van der Waals surface area contributed by atoms with Crippen LogP contribution in [0.4, 0.5) is 0 Å². The maximum Gasteiger partial charge on any atom is 0.194 e. The van der Waals surface area contributed by atoms with Crippen LogP contribution in [0, 0.1) is 0 Å². The van der Waals surface area contributed by atoms with Crippen molar-refractivity contribution in [2.45, 2.75) is 38.6 Å². The predicted octanol–water partition coefficient (Wildman–Crippen LogP) is 3.13. The van der Waals surface area contributed by atoms with Crippen molar-refractivity contribution in [3.63, 3.8) is 0 Å². The van der Waals surface area contributed by atoms with Gasteiger partial charge in [-0.3, -0.25) is 4.90 Å². The molecule has 0 aliphatic carbocycles. The third-order valence-corrected chi connectivity index (χ3v) is 4.85. The number of aliphatic imine (C=N–C) groups is 1. The Morgan fingerprint density at radius 1 is 1.36 bits per heavy atom. The molecule has 0 saturated carbocycles. The summed E-state index contributed by atoms with van der Waals surface area (Å²) in [4.78, 5) is 9.83. The van der Waals surface area contributed by atoms with Crippen molar-refractivity contribution in [3.8, 4) is 0 Å². The van der Waals surface area contributed by atoms with Gasteiger partial charge in [-0.05, 0) is 51.4 Å². The molecule has 3 heterocycles. The molecule has 2 saturated heterocycles. The fraction of sp³-hybridized carbons (Fsp3) is 0.632. The quantitative estimate of drug-likeness (QED) is 0.308. The molecule has 0 amide bonds. The van der Waals surface area contributed by atoms with Crippen molar-refractivity contribution < 1.29 is 4.42 Å². The molecule has 0 radical (unpaired) electrons. The Hall–Kier alpha value is -1.02. The molecule has 2 aliphatic rings. The molecule has 2 aliphatic heterocycles. The van der Waals surface area contributed by atoms with Crippen molar-refractivity contribution in [2.24, 2.45) is 4.99 Å². The molecule has 6 heteroatoms. The summed E-state index contributed by atoms with van der Waals surface area (Å²) >= 11 is 0. The third kappa shape index (κ3) is 6.02. The van der Waals surface area contributed by atoms with Crippen LogP contribution in [0.5, 0.6) is 0 Å². The first kappa shape index (κ1) is 20.3. The zero-order chi connectivity index (χ0) is 16.8. The monoisotopic (exact) mass is 458 g/mol. The second-order valence-corrected chi connectivity index (χ2v) is 6.98. The molecule has 2 fully saturated rings. The van der Waals surface area contributed by atoms with Crippen molar-refractivity contribution >= 4 is 29.9 Å². The van der Waals surface area contributed by atoms with E-state index in [-0.39, 0.29) is 24.0 Å². The Labute approximate surface area is 168 Å². The highest BCUT2D eigenvalue weighted by Gasteiger charge is 2.30. The van der Waals surface area contributed by atoms with E-state index in [1.807, 2.05) is 19.1 Å². The van der Waals surface area contributed by atoms with Gasteiger partial charge in [0.15, 0.2) is 5.96 Å². The number of rotatable bonds is 6. The van der Waals surface area contributed by atoms with Crippen LogP contribution in [-0.2, 0) is 6.42 Å². The molecule has 1 atom stereocenters. The fourth-order valence-corrected chi connectivity index (χ4v) is 3.57. The number of halogens is 1. The Morgan fingerprint density at radius 3 is 2.84 bits per heavy atom. The molecule has 1 aromatic rings. The van der Waals surface area contributed by atoms with Gasteiger partial charge in [0.05, 0.1) is 12.8 Å². The molecular weight excluding hydrogens is 427 g/mol. The lowest BCUT2D eigenvalue weighted by atomic mass is 10.2. The molecule has 0 bridgehead atoms. The van der Waals surface area contributed by atoms with Gasteiger partial charge in [-0.25, -0.2) is 4.99 Å². The van der Waals surface area contributed by atoms with Crippen LogP contribution in [0.3, 0.4) is 0 Å². The van der Waals surface area contributed by atoms with E-state index in [4.69, 9.17) is 9.41 Å². The topological polar surface area (TPSA) is 44.0 Å². The number of nitrogens with one attached hydrogen (secondary N) is 1. The van der Waals surface area contributed by atoms with Gasteiger partial charge in [-0.15, -0.1) is 24.0 Å². The van der Waals surface area contributed by atoms with Gasteiger partial charge in [-0.2, -0.15) is 0 Å². The van der Waals surface area contributed by atoms with E-state index in [0.717, 1.165) is 43.3 Å². The van der Waals surface area contributed by atoms with E-state index >= 15 is 0 Å². The van der Waals surface area contributed by atoms with Gasteiger partial charge < -0.3 is 14.6 Å². The summed E-state index contributed by atoms with van der Waals surface area (Å²) in [6, 6.07) is 4.65. The van der Waals surface area contributed by atoms with E-state index < -0.39 is 0 Å². The Morgan fingerprint density at radius 2 is 2.16 bits per heavy atom. The Bertz CT molecular complexity index is 552. The van der Waals surface area contributed by atoms with Crippen molar-refractivity contribution in [1.29, 1.82) is 0 Å². The SMILES string of the molecule is C=C(C)CN=C(NCCc1ccco1)N1CCC(N2CCCC2)C1.I. The normalized spacial score (nSPS) is 21.4. The molecule has 0 spiro atoms. The lowest BCUT2D eigenvalue weighted by Gasteiger charge is -2.25. The number of likely N-dealkylation sites (tertiary alicyclic amines) is 2. The fourth-order valence-electron chi connectivity index (χ4n) is 3.57. The smallest absolute Gasteiger partial charge is 0.194 e. The van der Waals surface area contributed by atoms with E-state index in [2.05, 4.69) is 21.7 Å². The molecule has 25 heavy (non-hydrogen) atoms. The standard InChI is InChI=1S/C19H30N4O.HI/c1-16(2)14-21-19(20-9-7-18-6-5-13-24-18)23-12-8-17(15-23)22-10-3-4-11-22;/h5-6,13,17H,1,3-4,7-12,14-15H2,2H3,(H,20,21);1H. The predicted molar refractivity (Wildman–Crippen MR) is 114 cm³/mol. The molecule has 1 N–H and O–H groups in total. The number of hydrogen-bond acceptors (Lipinski definition) is 3. The average molecular weight is 458 g/mol. The summed E-state index contributed by atoms with van der Waals surface area (Å²) in [5, 5.41) is 3.52. The summed E-state index contributed by atoms with van der Waals surface area (Å²) < 4.78 is 5.41. The minimum atomic E-state index is 0. The highest BCUT2D eigenvalue weighted by Crippen LogP contribution is 2.20. The van der Waals surface area contributed by atoms with Gasteiger partial charge in [0.25, 0.3) is 0 Å². The number of furan rings is 1. The molecule has 5 nitrogen and oxygen atoms in total. The second kappa shape index (κ2) is 10.2. The maximum absolute atomic E-state index is 5.41. The first-order valence-electron chi connectivity index (χ1n) is 9.16. The van der Waals surface area contributed by atoms with Crippen molar-refractivity contribution in [2.75, 3.05) is 39.3 Å². The number of hydrogen-bond donors (Lipinski definition) is 1. The summed E-state index contributed by atoms with van der Waals surface area (Å²) in [7, 11) is 0. The third-order valence-electron chi connectivity index (χ3n) is 4.85. The summed E-state index contributed by atoms with van der Waals surface area (Å²) in [5.74, 6) is 2.03. The molecule has 1 unspecified atom stereocenters. The van der Waals surface area contributed by atoms with Gasteiger partial charge in [0.2, 0.25) is 0 Å². The number of nitrogens with zero attached hydrogens (tertiary/aromatic N) is 3. The van der Waals surface area contributed by atoms with E-state index in [0.29, 0.717) is 12.6 Å². The van der Waals surface area contributed by atoms with Crippen LogP contribution < -0.4 is 5.32 Å². The summed E-state index contributed by atoms with van der Waals surface area (Å²) in [5.41, 5.74) is 1.09. The van der Waals surface area contributed by atoms with Crippen LogP contribution >= 0.6 is 24.0 Å². The maximum atomic E-state index is 5.41. The molecule has 3 rings (SSSR count). The minimum Gasteiger partial charge on any atom is -0.469 e. The second-order valence-electron chi connectivity index (χ2n) is 6.98. The largest absolute Gasteiger partial charge is 0.469 e. The molecule has 140 valence electrons. The van der Waals surface area contributed by atoms with Crippen LogP contribution in [0.1, 0.15) is 31.9 Å². The van der Waals surface area contributed by atoms with Crippen LogP contribution in [0.25, 0.3) is 0 Å². The molecule has 1 aromatic heterocycles. The average Bonchev–Trinajstić information content (AvgIpc) is 3.32. The van der Waals surface area contributed by atoms with Crippen LogP contribution in [0.15, 0.2) is 40.0 Å². The lowest BCUT2D eigenvalue weighted by molar-refractivity contribution is 0.249. The zero-order valence-corrected chi connectivity index (χ0v) is 17.6. The van der Waals surface area contributed by atoms with Gasteiger partial charge in [0.1, 0.15) is 5.76 Å². The highest BCUT2D eigenvalue weighted by molar-refractivity contribution is 14.0. The first-order valence-corrected chi connectivity index (χ1v) is 9.16. The highest BCUT2D eigenvalue weighted by atomic mass is 127. The van der Waals surface area contributed by atoms with Gasteiger partial charge in [0, 0.05) is 32.1 Å². The summed E-state index contributed by atoms with van der Waals surface area (Å²) in [6.07, 6.45) is 6.56. The zero-order valence-electron chi connectivity index (χ0n) is 15.2. The van der Waals surface area contributed by atoms with Crippen molar-refractivity contribution in [1.82, 2.24) is 15.1 Å². The lowest BCUT2D eigenvalue weighted by Crippen LogP contribution is -2.43. The van der Waals surface area contributed by atoms with E-state index in [9.17, 15) is 0 Å². The Kier molecular flexibility index (Phi) is 8.29. The summed E-state index contributed by atoms with van der Waals surface area (Å²) in [6.45, 7) is 12.2. The number of guanidine groups is 1. The van der Waals surface area contributed by atoms with E-state index in [1.54, 1.807) is 6.26 Å². The van der Waals surface area contributed by atoms with Crippen LogP contribution in [-0.4, -0.2) is 61.1 Å². The van der Waals surface area contributed by atoms with Gasteiger partial charge >= 0.3 is 0 Å².